The topological polar surface area (TPSA) is 52.6 Å². The summed E-state index contributed by atoms with van der Waals surface area (Å²) in [5, 5.41) is 0. The molecule has 1 aliphatic carbocycles. The summed E-state index contributed by atoms with van der Waals surface area (Å²) in [4.78, 5) is 22.8. The van der Waals surface area contributed by atoms with E-state index in [0.29, 0.717) is 19.4 Å². The van der Waals surface area contributed by atoms with Crippen molar-refractivity contribution in [2.75, 3.05) is 6.61 Å². The predicted octanol–water partition coefficient (Wildman–Crippen LogP) is 2.13. The number of carbonyl (C=O) groups excluding carboxylic acids is 2. The number of esters is 2. The third kappa shape index (κ3) is 2.51. The number of carbonyl (C=O) groups is 2. The van der Waals surface area contributed by atoms with Crippen LogP contribution in [0, 0.1) is 0 Å². The maximum Gasteiger partial charge on any atom is 0.330 e. The molecule has 0 bridgehead atoms. The van der Waals surface area contributed by atoms with Crippen LogP contribution in [0.1, 0.15) is 45.4 Å². The molecule has 0 aromatic carbocycles. The zero-order valence-electron chi connectivity index (χ0n) is 10.2. The highest BCUT2D eigenvalue weighted by atomic mass is 16.6. The minimum atomic E-state index is -0.498. The maximum absolute atomic E-state index is 11.5. The Morgan fingerprint density at radius 2 is 2.24 bits per heavy atom. The van der Waals surface area contributed by atoms with Gasteiger partial charge in [0, 0.05) is 18.9 Å². The van der Waals surface area contributed by atoms with Gasteiger partial charge in [-0.1, -0.05) is 0 Å². The molecular formula is C13H18O4. The molecule has 1 saturated carbocycles. The first-order chi connectivity index (χ1) is 8.16. The van der Waals surface area contributed by atoms with Crippen LogP contribution in [0.3, 0.4) is 0 Å². The number of ether oxygens (including phenoxy) is 2. The first-order valence-corrected chi connectivity index (χ1v) is 6.26. The predicted molar refractivity (Wildman–Crippen MR) is 61.2 cm³/mol. The van der Waals surface area contributed by atoms with Crippen molar-refractivity contribution in [1.82, 2.24) is 0 Å². The lowest BCUT2D eigenvalue weighted by molar-refractivity contribution is -0.147. The number of hydrogen-bond acceptors (Lipinski definition) is 4. The Morgan fingerprint density at radius 1 is 1.41 bits per heavy atom. The van der Waals surface area contributed by atoms with Gasteiger partial charge in [-0.2, -0.15) is 0 Å². The van der Waals surface area contributed by atoms with Crippen molar-refractivity contribution >= 4 is 11.9 Å². The molecular weight excluding hydrogens is 220 g/mol. The van der Waals surface area contributed by atoms with Gasteiger partial charge in [0.15, 0.2) is 0 Å². The van der Waals surface area contributed by atoms with Crippen LogP contribution in [0.15, 0.2) is 11.6 Å². The second-order valence-electron chi connectivity index (χ2n) is 4.60. The molecule has 4 nitrogen and oxygen atoms in total. The van der Waals surface area contributed by atoms with E-state index in [1.54, 1.807) is 6.92 Å². The summed E-state index contributed by atoms with van der Waals surface area (Å²) >= 11 is 0. The Kier molecular flexibility index (Phi) is 3.50. The molecule has 4 heteroatoms. The van der Waals surface area contributed by atoms with Gasteiger partial charge in [0.05, 0.1) is 6.61 Å². The number of hydrogen-bond donors (Lipinski definition) is 0. The molecule has 1 atom stereocenters. The highest BCUT2D eigenvalue weighted by Crippen LogP contribution is 2.43. The van der Waals surface area contributed by atoms with Gasteiger partial charge in [-0.05, 0) is 38.2 Å². The van der Waals surface area contributed by atoms with Crippen molar-refractivity contribution in [2.45, 2.75) is 51.0 Å². The Bertz CT molecular complexity index is 358. The lowest BCUT2D eigenvalue weighted by atomic mass is 9.78. The van der Waals surface area contributed by atoms with Gasteiger partial charge in [-0.3, -0.25) is 4.79 Å². The van der Waals surface area contributed by atoms with Crippen LogP contribution in [0.25, 0.3) is 0 Å². The van der Waals surface area contributed by atoms with E-state index in [9.17, 15) is 9.59 Å². The van der Waals surface area contributed by atoms with Crippen molar-refractivity contribution in [3.63, 3.8) is 0 Å². The van der Waals surface area contributed by atoms with Gasteiger partial charge in [0.2, 0.25) is 0 Å². The van der Waals surface area contributed by atoms with Crippen LogP contribution in [0.5, 0.6) is 0 Å². The van der Waals surface area contributed by atoms with E-state index < -0.39 is 5.60 Å². The quantitative estimate of drug-likeness (QED) is 0.546. The molecule has 17 heavy (non-hydrogen) atoms. The van der Waals surface area contributed by atoms with E-state index in [1.165, 1.54) is 6.08 Å². The van der Waals surface area contributed by atoms with Crippen LogP contribution < -0.4 is 0 Å². The molecule has 2 fully saturated rings. The second kappa shape index (κ2) is 4.90. The van der Waals surface area contributed by atoms with Gasteiger partial charge in [-0.15, -0.1) is 0 Å². The van der Waals surface area contributed by atoms with E-state index in [2.05, 4.69) is 0 Å². The Labute approximate surface area is 101 Å². The lowest BCUT2D eigenvalue weighted by Gasteiger charge is -2.34. The Morgan fingerprint density at radius 3 is 2.88 bits per heavy atom. The molecule has 0 aromatic heterocycles. The van der Waals surface area contributed by atoms with Crippen LogP contribution in [0.4, 0.5) is 0 Å². The lowest BCUT2D eigenvalue weighted by Crippen LogP contribution is -2.34. The molecule has 1 heterocycles. The fourth-order valence-corrected chi connectivity index (χ4v) is 2.67. The molecule has 0 aromatic rings. The zero-order valence-corrected chi connectivity index (χ0v) is 10.2. The van der Waals surface area contributed by atoms with Crippen molar-refractivity contribution in [3.05, 3.63) is 11.6 Å². The molecule has 0 N–H and O–H groups in total. The van der Waals surface area contributed by atoms with E-state index in [1.807, 2.05) is 0 Å². The fourth-order valence-electron chi connectivity index (χ4n) is 2.67. The minimum Gasteiger partial charge on any atom is -0.463 e. The average molecular weight is 238 g/mol. The van der Waals surface area contributed by atoms with Crippen LogP contribution in [0.2, 0.25) is 0 Å². The molecule has 94 valence electrons. The SMILES string of the molecule is CCOC(=O)/C=C1\CCCCC12CCC(=O)O2. The van der Waals surface area contributed by atoms with E-state index in [4.69, 9.17) is 9.47 Å². The van der Waals surface area contributed by atoms with Gasteiger partial charge < -0.3 is 9.47 Å². The zero-order chi connectivity index (χ0) is 12.3. The molecule has 1 unspecified atom stereocenters. The summed E-state index contributed by atoms with van der Waals surface area (Å²) in [6.07, 6.45) is 6.45. The molecule has 0 radical (unpaired) electrons. The average Bonchev–Trinajstić information content (AvgIpc) is 2.65. The monoisotopic (exact) mass is 238 g/mol. The first-order valence-electron chi connectivity index (χ1n) is 6.26. The van der Waals surface area contributed by atoms with E-state index >= 15 is 0 Å². The molecule has 1 spiro atoms. The summed E-state index contributed by atoms with van der Waals surface area (Å²) in [5.41, 5.74) is 0.440. The molecule has 2 rings (SSSR count). The fraction of sp³-hybridized carbons (Fsp3) is 0.692. The first kappa shape index (κ1) is 12.1. The van der Waals surface area contributed by atoms with Gasteiger partial charge in [0.25, 0.3) is 0 Å². The van der Waals surface area contributed by atoms with Gasteiger partial charge in [-0.25, -0.2) is 4.79 Å². The van der Waals surface area contributed by atoms with Gasteiger partial charge in [0.1, 0.15) is 5.60 Å². The molecule has 1 aliphatic heterocycles. The smallest absolute Gasteiger partial charge is 0.330 e. The standard InChI is InChI=1S/C13H18O4/c1-2-16-12(15)9-10-5-3-4-7-13(10)8-6-11(14)17-13/h9H,2-8H2,1H3/b10-9+. The van der Waals surface area contributed by atoms with Crippen molar-refractivity contribution in [1.29, 1.82) is 0 Å². The van der Waals surface area contributed by atoms with Gasteiger partial charge >= 0.3 is 11.9 Å². The highest BCUT2D eigenvalue weighted by Gasteiger charge is 2.44. The normalized spacial score (nSPS) is 30.6. The minimum absolute atomic E-state index is 0.151. The third-order valence-corrected chi connectivity index (χ3v) is 3.48. The second-order valence-corrected chi connectivity index (χ2v) is 4.60. The summed E-state index contributed by atoms with van der Waals surface area (Å²) in [6, 6.07) is 0. The van der Waals surface area contributed by atoms with Crippen molar-refractivity contribution in [2.24, 2.45) is 0 Å². The molecule has 0 amide bonds. The summed E-state index contributed by atoms with van der Waals surface area (Å²) in [6.45, 7) is 2.15. The Hall–Kier alpha value is -1.32. The van der Waals surface area contributed by atoms with Crippen LogP contribution >= 0.6 is 0 Å². The van der Waals surface area contributed by atoms with Crippen molar-refractivity contribution in [3.8, 4) is 0 Å². The Balaban J connectivity index is 2.17. The number of rotatable bonds is 2. The van der Waals surface area contributed by atoms with E-state index in [-0.39, 0.29) is 11.9 Å². The maximum atomic E-state index is 11.5. The molecule has 1 saturated heterocycles. The van der Waals surface area contributed by atoms with Crippen LogP contribution in [-0.4, -0.2) is 24.1 Å². The van der Waals surface area contributed by atoms with Crippen molar-refractivity contribution < 1.29 is 19.1 Å². The highest BCUT2D eigenvalue weighted by molar-refractivity contribution is 5.83. The van der Waals surface area contributed by atoms with E-state index in [0.717, 1.165) is 31.3 Å². The third-order valence-electron chi connectivity index (χ3n) is 3.48. The summed E-state index contributed by atoms with van der Waals surface area (Å²) in [5.74, 6) is -0.478. The van der Waals surface area contributed by atoms with Crippen LogP contribution in [-0.2, 0) is 19.1 Å². The molecule has 2 aliphatic rings. The summed E-state index contributed by atoms with van der Waals surface area (Å²) in [7, 11) is 0. The largest absolute Gasteiger partial charge is 0.463 e. The summed E-state index contributed by atoms with van der Waals surface area (Å²) < 4.78 is 10.4.